The number of halogens is 1. The maximum atomic E-state index is 13.0. The second kappa shape index (κ2) is 13.3. The number of carbonyl (C=O) groups excluding carboxylic acids is 3. The fraction of sp³-hybridized carbons (Fsp3) is 0.357. The summed E-state index contributed by atoms with van der Waals surface area (Å²) in [5, 5.41) is 17.1. The van der Waals surface area contributed by atoms with Gasteiger partial charge in [0.05, 0.1) is 31.5 Å². The van der Waals surface area contributed by atoms with Crippen molar-refractivity contribution in [1.29, 1.82) is 0 Å². The van der Waals surface area contributed by atoms with Gasteiger partial charge in [-0.2, -0.15) is 0 Å². The zero-order chi connectivity index (χ0) is 30.4. The molecule has 1 aliphatic heterocycles. The van der Waals surface area contributed by atoms with E-state index in [1.807, 2.05) is 41.8 Å². The van der Waals surface area contributed by atoms with Gasteiger partial charge in [0, 0.05) is 35.3 Å². The lowest BCUT2D eigenvalue weighted by atomic mass is 10.00. The maximum absolute atomic E-state index is 13.0. The fourth-order valence-electron chi connectivity index (χ4n) is 4.38. The van der Waals surface area contributed by atoms with Crippen molar-refractivity contribution >= 4 is 43.4 Å². The number of ether oxygens (including phenoxy) is 1. The summed E-state index contributed by atoms with van der Waals surface area (Å²) >= 11 is 6.15. The van der Waals surface area contributed by atoms with Gasteiger partial charge in [0.1, 0.15) is 17.6 Å². The summed E-state index contributed by atoms with van der Waals surface area (Å²) < 4.78 is 7.36. The molecule has 1 atom stereocenters. The quantitative estimate of drug-likeness (QED) is 0.241. The van der Waals surface area contributed by atoms with Crippen LogP contribution in [0.15, 0.2) is 47.5 Å². The molecule has 3 amide bonds. The Morgan fingerprint density at radius 1 is 1.02 bits per heavy atom. The molecule has 0 radical (unpaired) electrons. The summed E-state index contributed by atoms with van der Waals surface area (Å²) in [5.41, 5.74) is 2.99. The smallest absolute Gasteiger partial charge is 0.239 e. The van der Waals surface area contributed by atoms with Crippen molar-refractivity contribution in [2.45, 2.75) is 38.9 Å². The number of aryl methyl sites for hydroxylation is 1. The first kappa shape index (κ1) is 30.9. The monoisotopic (exact) mass is 611 g/mol. The number of methoxy groups -OCH3 is 1. The molecule has 222 valence electrons. The van der Waals surface area contributed by atoms with Gasteiger partial charge in [-0.1, -0.05) is 23.7 Å². The van der Waals surface area contributed by atoms with Gasteiger partial charge in [-0.15, -0.1) is 10.2 Å². The maximum Gasteiger partial charge on any atom is 0.239 e. The van der Waals surface area contributed by atoms with E-state index in [1.165, 1.54) is 0 Å². The van der Waals surface area contributed by atoms with Crippen LogP contribution in [0, 0.1) is 6.92 Å². The Morgan fingerprint density at radius 2 is 1.76 bits per heavy atom. The van der Waals surface area contributed by atoms with Crippen LogP contribution in [0.2, 0.25) is 18.1 Å². The van der Waals surface area contributed by atoms with Crippen molar-refractivity contribution in [3.63, 3.8) is 0 Å². The number of hydrogen-bond acceptors (Lipinski definition) is 8. The highest BCUT2D eigenvalue weighted by atomic mass is 35.5. The molecule has 1 aromatic heterocycles. The number of amides is 3. The Bertz CT molecular complexity index is 1500. The van der Waals surface area contributed by atoms with Crippen molar-refractivity contribution in [2.24, 2.45) is 4.99 Å². The van der Waals surface area contributed by atoms with Gasteiger partial charge in [0.15, 0.2) is 5.82 Å². The molecule has 0 aliphatic carbocycles. The summed E-state index contributed by atoms with van der Waals surface area (Å²) in [6.07, 6.45) is 0.219. The number of carbonyl (C=O) groups is 3. The van der Waals surface area contributed by atoms with E-state index >= 15 is 0 Å². The average molecular weight is 612 g/mol. The number of hydrogen-bond donors (Lipinski definition) is 4. The predicted molar refractivity (Wildman–Crippen MR) is 160 cm³/mol. The Labute approximate surface area is 249 Å². The van der Waals surface area contributed by atoms with Crippen molar-refractivity contribution in [2.75, 3.05) is 26.4 Å². The largest absolute Gasteiger partial charge is 0.497 e. The third-order valence-electron chi connectivity index (χ3n) is 6.47. The van der Waals surface area contributed by atoms with Crippen LogP contribution in [0.1, 0.15) is 41.7 Å². The van der Waals surface area contributed by atoms with E-state index in [1.54, 1.807) is 32.3 Å². The van der Waals surface area contributed by atoms with Crippen molar-refractivity contribution < 1.29 is 23.9 Å². The molecular weight excluding hydrogens is 578 g/mol. The van der Waals surface area contributed by atoms with Crippen LogP contribution in [0.5, 0.6) is 5.75 Å². The summed E-state index contributed by atoms with van der Waals surface area (Å²) in [6.45, 7) is 5.11. The molecule has 3 aromatic rings. The Hall–Kier alpha value is -4.07. The third kappa shape index (κ3) is 7.81. The molecule has 12 nitrogen and oxygen atoms in total. The topological polar surface area (TPSA) is 160 Å². The van der Waals surface area contributed by atoms with E-state index in [4.69, 9.17) is 21.3 Å². The number of aliphatic imine (C=N–C) groups is 1. The van der Waals surface area contributed by atoms with Gasteiger partial charge >= 0.3 is 0 Å². The summed E-state index contributed by atoms with van der Waals surface area (Å²) in [4.78, 5) is 52.0. The third-order valence-corrected chi connectivity index (χ3v) is 7.76. The number of nitrogens with zero attached hydrogens (tertiary/aromatic N) is 4. The van der Waals surface area contributed by atoms with Crippen LogP contribution in [0.3, 0.4) is 0 Å². The SMILES string of the molecule is COc1ccc2c(c1)C(c1ccc(Cl)cc1)=NC(CC(=O)NCC(=O)NCCC(=O)NC[Si](C)(C)O)c1nnc(C)n1-2. The first-order chi connectivity index (χ1) is 19.9. The van der Waals surface area contributed by atoms with E-state index in [0.717, 1.165) is 16.8 Å². The van der Waals surface area contributed by atoms with Gasteiger partial charge in [0.2, 0.25) is 26.0 Å². The van der Waals surface area contributed by atoms with E-state index < -0.39 is 26.2 Å². The normalized spacial score (nSPS) is 14.1. The zero-order valence-electron chi connectivity index (χ0n) is 23.9. The zero-order valence-corrected chi connectivity index (χ0v) is 25.7. The van der Waals surface area contributed by atoms with Gasteiger partial charge in [0.25, 0.3) is 0 Å². The van der Waals surface area contributed by atoms with E-state index in [-0.39, 0.29) is 38.0 Å². The van der Waals surface area contributed by atoms with Crippen LogP contribution in [0.25, 0.3) is 5.69 Å². The minimum absolute atomic E-state index is 0.0643. The molecular formula is C28H34ClN7O5Si. The van der Waals surface area contributed by atoms with E-state index in [2.05, 4.69) is 26.1 Å². The van der Waals surface area contributed by atoms with Gasteiger partial charge < -0.3 is 25.5 Å². The second-order valence-corrected chi connectivity index (χ2v) is 14.9. The summed E-state index contributed by atoms with van der Waals surface area (Å²) in [7, 11) is -0.807. The first-order valence-electron chi connectivity index (χ1n) is 13.4. The molecule has 0 fully saturated rings. The van der Waals surface area contributed by atoms with Gasteiger partial charge in [-0.05, 0) is 50.3 Å². The molecule has 0 saturated heterocycles. The molecule has 42 heavy (non-hydrogen) atoms. The Balaban J connectivity index is 1.48. The van der Waals surface area contributed by atoms with Gasteiger partial charge in [-0.3, -0.25) is 23.9 Å². The van der Waals surface area contributed by atoms with Crippen LogP contribution in [-0.2, 0) is 14.4 Å². The molecule has 14 heteroatoms. The lowest BCUT2D eigenvalue weighted by Crippen LogP contribution is -2.43. The number of rotatable bonds is 11. The molecule has 2 heterocycles. The van der Waals surface area contributed by atoms with Gasteiger partial charge in [-0.25, -0.2) is 0 Å². The molecule has 2 aromatic carbocycles. The standard InChI is InChI=1S/C28H34ClN7O5Si/c1-17-34-35-28-22(14-25(38)31-15-26(39)30-12-11-24(37)32-16-42(3,4)40)33-27(18-5-7-19(29)8-6-18)21-13-20(41-2)9-10-23(21)36(17)28/h5-10,13,22,40H,11-12,14-16H2,1-4H3,(H,30,39)(H,31,38)(H,32,37). The van der Waals surface area contributed by atoms with E-state index in [0.29, 0.717) is 28.1 Å². The lowest BCUT2D eigenvalue weighted by Gasteiger charge is -2.15. The second-order valence-electron chi connectivity index (χ2n) is 10.5. The summed E-state index contributed by atoms with van der Waals surface area (Å²) in [6, 6.07) is 12.2. The molecule has 4 rings (SSSR count). The molecule has 0 saturated carbocycles. The van der Waals surface area contributed by atoms with Crippen LogP contribution < -0.4 is 20.7 Å². The summed E-state index contributed by atoms with van der Waals surface area (Å²) in [5.74, 6) is 0.650. The average Bonchev–Trinajstić information content (AvgIpc) is 3.27. The number of nitrogens with one attached hydrogen (secondary N) is 3. The predicted octanol–water partition coefficient (Wildman–Crippen LogP) is 2.00. The molecule has 0 spiro atoms. The highest BCUT2D eigenvalue weighted by Crippen LogP contribution is 2.34. The van der Waals surface area contributed by atoms with Crippen molar-refractivity contribution in [1.82, 2.24) is 30.7 Å². The first-order valence-corrected chi connectivity index (χ1v) is 17.0. The van der Waals surface area contributed by atoms with Crippen molar-refractivity contribution in [3.05, 3.63) is 70.3 Å². The number of fused-ring (bicyclic) bond motifs is 3. The Morgan fingerprint density at radius 3 is 2.45 bits per heavy atom. The van der Waals surface area contributed by atoms with Crippen molar-refractivity contribution in [3.8, 4) is 11.4 Å². The molecule has 0 bridgehead atoms. The lowest BCUT2D eigenvalue weighted by molar-refractivity contribution is -0.126. The van der Waals surface area contributed by atoms with Crippen LogP contribution in [-0.4, -0.2) is 77.7 Å². The minimum atomic E-state index is -2.39. The minimum Gasteiger partial charge on any atom is -0.497 e. The molecule has 1 aliphatic rings. The molecule has 4 N–H and O–H groups in total. The highest BCUT2D eigenvalue weighted by Gasteiger charge is 2.30. The fourth-order valence-corrected chi connectivity index (χ4v) is 5.14. The highest BCUT2D eigenvalue weighted by molar-refractivity contribution is 6.70. The van der Waals surface area contributed by atoms with E-state index in [9.17, 15) is 19.2 Å². The Kier molecular flexibility index (Phi) is 9.76. The number of benzene rings is 2. The molecule has 1 unspecified atom stereocenters. The van der Waals surface area contributed by atoms with Crippen LogP contribution >= 0.6 is 11.6 Å². The number of aromatic nitrogens is 3. The van der Waals surface area contributed by atoms with Crippen LogP contribution in [0.4, 0.5) is 0 Å².